The molecule has 0 aliphatic carbocycles. The Morgan fingerprint density at radius 3 is 3.23 bits per heavy atom. The van der Waals surface area contributed by atoms with Crippen LogP contribution in [-0.2, 0) is 0 Å². The van der Waals surface area contributed by atoms with Crippen molar-refractivity contribution in [3.8, 4) is 0 Å². The maximum absolute atomic E-state index is 4.26. The normalized spacial score (nSPS) is 13.4. The minimum Gasteiger partial charge on any atom is -0.221 e. The molecular weight excluding hydrogens is 182 g/mol. The Bertz CT molecular complexity index is 410. The minimum atomic E-state index is 0.463. The number of fused-ring (bicyclic) bond motifs is 1. The van der Waals surface area contributed by atoms with Crippen LogP contribution in [0.3, 0.4) is 0 Å². The molecule has 0 fully saturated rings. The van der Waals surface area contributed by atoms with Crippen molar-refractivity contribution in [3.05, 3.63) is 30.2 Å². The molecule has 3 nitrogen and oxygen atoms in total. The number of hydrogen-bond acceptors (Lipinski definition) is 3. The van der Waals surface area contributed by atoms with Crippen molar-refractivity contribution in [1.82, 2.24) is 14.6 Å². The molecular formula is C9H11N3S. The molecule has 0 radical (unpaired) electrons. The first-order chi connectivity index (χ1) is 6.31. The molecule has 13 heavy (non-hydrogen) atoms. The molecule has 0 saturated carbocycles. The first-order valence-electron chi connectivity index (χ1n) is 4.21. The van der Waals surface area contributed by atoms with Crippen LogP contribution in [0, 0.1) is 0 Å². The van der Waals surface area contributed by atoms with E-state index in [0.29, 0.717) is 5.92 Å². The lowest BCUT2D eigenvalue weighted by Crippen LogP contribution is -1.96. The standard InChI is InChI=1S/C9H11N3S/c1-7(5-13)8-2-3-12-9(4-8)10-6-11-12/h2-4,6-7,13H,5H2,1H3. The number of thiol groups is 1. The minimum absolute atomic E-state index is 0.463. The zero-order chi connectivity index (χ0) is 9.26. The fourth-order valence-electron chi connectivity index (χ4n) is 1.24. The molecule has 2 rings (SSSR count). The molecule has 4 heteroatoms. The van der Waals surface area contributed by atoms with Crippen molar-refractivity contribution in [3.63, 3.8) is 0 Å². The Morgan fingerprint density at radius 1 is 1.62 bits per heavy atom. The average molecular weight is 193 g/mol. The molecule has 0 aromatic carbocycles. The molecule has 1 unspecified atom stereocenters. The molecule has 0 bridgehead atoms. The quantitative estimate of drug-likeness (QED) is 0.737. The van der Waals surface area contributed by atoms with E-state index in [2.05, 4.69) is 35.7 Å². The van der Waals surface area contributed by atoms with Crippen molar-refractivity contribution in [2.24, 2.45) is 0 Å². The van der Waals surface area contributed by atoms with E-state index in [1.54, 1.807) is 10.8 Å². The van der Waals surface area contributed by atoms with Gasteiger partial charge in [0.25, 0.3) is 0 Å². The number of nitrogens with zero attached hydrogens (tertiary/aromatic N) is 3. The summed E-state index contributed by atoms with van der Waals surface area (Å²) in [6.45, 7) is 2.15. The summed E-state index contributed by atoms with van der Waals surface area (Å²) < 4.78 is 1.76. The van der Waals surface area contributed by atoms with E-state index in [0.717, 1.165) is 11.4 Å². The highest BCUT2D eigenvalue weighted by atomic mass is 32.1. The van der Waals surface area contributed by atoms with Crippen LogP contribution in [0.15, 0.2) is 24.7 Å². The van der Waals surface area contributed by atoms with E-state index < -0.39 is 0 Å². The highest BCUT2D eigenvalue weighted by Gasteiger charge is 2.04. The fraction of sp³-hybridized carbons (Fsp3) is 0.333. The average Bonchev–Trinajstić information content (AvgIpc) is 2.63. The van der Waals surface area contributed by atoms with Gasteiger partial charge in [-0.1, -0.05) is 6.92 Å². The first-order valence-corrected chi connectivity index (χ1v) is 4.84. The maximum Gasteiger partial charge on any atom is 0.155 e. The summed E-state index contributed by atoms with van der Waals surface area (Å²) in [6.07, 6.45) is 3.49. The van der Waals surface area contributed by atoms with Gasteiger partial charge in [0.1, 0.15) is 6.33 Å². The van der Waals surface area contributed by atoms with Crippen LogP contribution in [-0.4, -0.2) is 20.4 Å². The summed E-state index contributed by atoms with van der Waals surface area (Å²) in [4.78, 5) is 4.12. The van der Waals surface area contributed by atoms with Crippen LogP contribution in [0.4, 0.5) is 0 Å². The van der Waals surface area contributed by atoms with Gasteiger partial charge < -0.3 is 0 Å². The third-order valence-electron chi connectivity index (χ3n) is 2.15. The van der Waals surface area contributed by atoms with Crippen molar-refractivity contribution in [2.45, 2.75) is 12.8 Å². The molecule has 0 spiro atoms. The smallest absolute Gasteiger partial charge is 0.155 e. The van der Waals surface area contributed by atoms with Crippen LogP contribution in [0.25, 0.3) is 5.65 Å². The third-order valence-corrected chi connectivity index (χ3v) is 2.70. The van der Waals surface area contributed by atoms with E-state index in [9.17, 15) is 0 Å². The van der Waals surface area contributed by atoms with Gasteiger partial charge in [-0.2, -0.15) is 17.7 Å². The molecule has 1 atom stereocenters. The predicted octanol–water partition coefficient (Wildman–Crippen LogP) is 1.76. The summed E-state index contributed by atoms with van der Waals surface area (Å²) in [5.74, 6) is 1.31. The lowest BCUT2D eigenvalue weighted by Gasteiger charge is -2.07. The summed E-state index contributed by atoms with van der Waals surface area (Å²) in [5, 5.41) is 4.03. The van der Waals surface area contributed by atoms with Gasteiger partial charge in [-0.05, 0) is 29.4 Å². The summed E-state index contributed by atoms with van der Waals surface area (Å²) in [5.41, 5.74) is 2.15. The second-order valence-electron chi connectivity index (χ2n) is 3.11. The van der Waals surface area contributed by atoms with Crippen molar-refractivity contribution in [1.29, 1.82) is 0 Å². The van der Waals surface area contributed by atoms with Gasteiger partial charge in [0.15, 0.2) is 5.65 Å². The second-order valence-corrected chi connectivity index (χ2v) is 3.47. The maximum atomic E-state index is 4.26. The zero-order valence-electron chi connectivity index (χ0n) is 7.38. The summed E-state index contributed by atoms with van der Waals surface area (Å²) in [7, 11) is 0. The molecule has 0 N–H and O–H groups in total. The van der Waals surface area contributed by atoms with E-state index in [1.807, 2.05) is 12.3 Å². The Hall–Kier alpha value is -1.03. The second kappa shape index (κ2) is 3.38. The van der Waals surface area contributed by atoms with Gasteiger partial charge in [-0.25, -0.2) is 9.50 Å². The number of rotatable bonds is 2. The van der Waals surface area contributed by atoms with E-state index in [1.165, 1.54) is 5.56 Å². The van der Waals surface area contributed by atoms with Gasteiger partial charge in [0.2, 0.25) is 0 Å². The van der Waals surface area contributed by atoms with Crippen LogP contribution in [0.1, 0.15) is 18.4 Å². The first kappa shape index (κ1) is 8.56. The van der Waals surface area contributed by atoms with E-state index in [-0.39, 0.29) is 0 Å². The van der Waals surface area contributed by atoms with Gasteiger partial charge in [0.05, 0.1) is 0 Å². The molecule has 2 heterocycles. The SMILES string of the molecule is CC(CS)c1ccn2ncnc2c1. The van der Waals surface area contributed by atoms with Crippen molar-refractivity contribution < 1.29 is 0 Å². The topological polar surface area (TPSA) is 30.2 Å². The van der Waals surface area contributed by atoms with Gasteiger partial charge in [-0.15, -0.1) is 0 Å². The van der Waals surface area contributed by atoms with Crippen LogP contribution in [0.5, 0.6) is 0 Å². The van der Waals surface area contributed by atoms with Gasteiger partial charge in [0, 0.05) is 6.20 Å². The molecule has 0 aliphatic rings. The molecule has 0 aliphatic heterocycles. The van der Waals surface area contributed by atoms with Crippen molar-refractivity contribution >= 4 is 18.3 Å². The van der Waals surface area contributed by atoms with E-state index >= 15 is 0 Å². The Morgan fingerprint density at radius 2 is 2.46 bits per heavy atom. The molecule has 68 valence electrons. The fourth-order valence-corrected chi connectivity index (χ4v) is 1.45. The summed E-state index contributed by atoms with van der Waals surface area (Å²) in [6, 6.07) is 4.11. The van der Waals surface area contributed by atoms with Gasteiger partial charge >= 0.3 is 0 Å². The van der Waals surface area contributed by atoms with Crippen molar-refractivity contribution in [2.75, 3.05) is 5.75 Å². The molecule has 2 aromatic rings. The Balaban J connectivity index is 2.48. The van der Waals surface area contributed by atoms with Crippen LogP contribution >= 0.6 is 12.6 Å². The lowest BCUT2D eigenvalue weighted by molar-refractivity contribution is 0.869. The number of hydrogen-bond donors (Lipinski definition) is 1. The lowest BCUT2D eigenvalue weighted by atomic mass is 10.1. The molecule has 0 amide bonds. The third kappa shape index (κ3) is 1.54. The van der Waals surface area contributed by atoms with Crippen LogP contribution < -0.4 is 0 Å². The highest BCUT2D eigenvalue weighted by molar-refractivity contribution is 7.80. The molecule has 0 saturated heterocycles. The van der Waals surface area contributed by atoms with Crippen LogP contribution in [0.2, 0.25) is 0 Å². The Kier molecular flexibility index (Phi) is 2.22. The highest BCUT2D eigenvalue weighted by Crippen LogP contribution is 2.16. The Labute approximate surface area is 82.2 Å². The summed E-state index contributed by atoms with van der Waals surface area (Å²) >= 11 is 4.26. The van der Waals surface area contributed by atoms with E-state index in [4.69, 9.17) is 0 Å². The largest absolute Gasteiger partial charge is 0.221 e. The monoisotopic (exact) mass is 193 g/mol. The number of aromatic nitrogens is 3. The zero-order valence-corrected chi connectivity index (χ0v) is 8.28. The van der Waals surface area contributed by atoms with Gasteiger partial charge in [-0.3, -0.25) is 0 Å². The molecule has 2 aromatic heterocycles. The number of pyridine rings is 1. The predicted molar refractivity (Wildman–Crippen MR) is 55.3 cm³/mol.